The van der Waals surface area contributed by atoms with Gasteiger partial charge in [-0.15, -0.1) is 0 Å². The lowest BCUT2D eigenvalue weighted by molar-refractivity contribution is -0.385. The predicted octanol–water partition coefficient (Wildman–Crippen LogP) is 4.06. The summed E-state index contributed by atoms with van der Waals surface area (Å²) >= 11 is 0. The van der Waals surface area contributed by atoms with Crippen LogP contribution in [-0.4, -0.2) is 56.1 Å². The van der Waals surface area contributed by atoms with Gasteiger partial charge in [-0.1, -0.05) is 42.8 Å². The number of hydrogen-bond acceptors (Lipinski definition) is 8. The smallest absolute Gasteiger partial charge is 0.329 e. The van der Waals surface area contributed by atoms with Gasteiger partial charge in [-0.3, -0.25) is 14.9 Å². The Morgan fingerprint density at radius 3 is 2.64 bits per heavy atom. The van der Waals surface area contributed by atoms with Gasteiger partial charge in [0.2, 0.25) is 0 Å². The maximum absolute atomic E-state index is 12.5. The Labute approximate surface area is 244 Å². The first-order chi connectivity index (χ1) is 19.8. The number of fused-ring (bicyclic) bond motifs is 5. The number of nitro groups is 1. The van der Waals surface area contributed by atoms with Crippen LogP contribution in [0.15, 0.2) is 53.2 Å². The number of allylic oxidation sites excluding steroid dienone is 4. The molecule has 1 aromatic rings. The zero-order valence-electron chi connectivity index (χ0n) is 24.2. The Morgan fingerprint density at radius 2 is 1.93 bits per heavy atom. The van der Waals surface area contributed by atoms with E-state index in [9.17, 15) is 35.0 Å². The second kappa shape index (κ2) is 10.9. The van der Waals surface area contributed by atoms with Crippen molar-refractivity contribution in [2.45, 2.75) is 77.0 Å². The first-order valence-electron chi connectivity index (χ1n) is 14.5. The zero-order chi connectivity index (χ0) is 30.4. The minimum absolute atomic E-state index is 0.0179. The molecule has 0 bridgehead atoms. The van der Waals surface area contributed by atoms with Crippen LogP contribution in [0.5, 0.6) is 0 Å². The molecule has 8 atom stereocenters. The maximum Gasteiger partial charge on any atom is 0.329 e. The first kappa shape index (κ1) is 29.9. The Kier molecular flexibility index (Phi) is 7.78. The van der Waals surface area contributed by atoms with Gasteiger partial charge >= 0.3 is 5.97 Å². The van der Waals surface area contributed by atoms with Crippen molar-refractivity contribution in [3.8, 4) is 0 Å². The molecule has 0 heterocycles. The molecule has 3 saturated carbocycles. The van der Waals surface area contributed by atoms with E-state index >= 15 is 0 Å². The molecule has 5 rings (SSSR count). The van der Waals surface area contributed by atoms with Crippen LogP contribution in [0.4, 0.5) is 5.69 Å². The van der Waals surface area contributed by atoms with Gasteiger partial charge in [-0.05, 0) is 86.3 Å². The van der Waals surface area contributed by atoms with E-state index in [1.807, 2.05) is 19.1 Å². The molecule has 4 aliphatic rings. The molecule has 0 saturated heterocycles. The molecule has 1 amide bonds. The second-order valence-electron chi connectivity index (χ2n) is 12.9. The minimum Gasteiger partial charge on any atom is -0.480 e. The summed E-state index contributed by atoms with van der Waals surface area (Å²) in [5, 5.41) is 48.5. The van der Waals surface area contributed by atoms with Crippen LogP contribution >= 0.6 is 0 Å². The van der Waals surface area contributed by atoms with Crippen LogP contribution in [-0.2, 0) is 14.4 Å². The Balaban J connectivity index is 1.20. The lowest BCUT2D eigenvalue weighted by atomic mass is 9.47. The number of hydrogen-bond donors (Lipinski definition) is 4. The summed E-state index contributed by atoms with van der Waals surface area (Å²) < 4.78 is 0. The van der Waals surface area contributed by atoms with E-state index in [1.54, 1.807) is 0 Å². The van der Waals surface area contributed by atoms with Crippen molar-refractivity contribution in [2.75, 3.05) is 6.61 Å². The molecule has 0 aliphatic heterocycles. The monoisotopic (exact) mass is 581 g/mol. The van der Waals surface area contributed by atoms with E-state index in [2.05, 4.69) is 30.4 Å². The van der Waals surface area contributed by atoms with Crippen molar-refractivity contribution in [1.82, 2.24) is 5.32 Å². The first-order valence-corrected chi connectivity index (χ1v) is 14.5. The Morgan fingerprint density at radius 1 is 1.19 bits per heavy atom. The molecule has 0 spiro atoms. The van der Waals surface area contributed by atoms with Crippen LogP contribution < -0.4 is 5.32 Å². The third kappa shape index (κ3) is 5.13. The molecule has 4 N–H and O–H groups in total. The predicted molar refractivity (Wildman–Crippen MR) is 153 cm³/mol. The average molecular weight is 582 g/mol. The second-order valence-corrected chi connectivity index (χ2v) is 12.9. The highest BCUT2D eigenvalue weighted by atomic mass is 16.6. The molecule has 226 valence electrons. The van der Waals surface area contributed by atoms with E-state index in [0.29, 0.717) is 23.5 Å². The number of nitrogens with zero attached hydrogens (tertiary/aromatic N) is 2. The number of carboxylic acids is 1. The van der Waals surface area contributed by atoms with Crippen LogP contribution in [0.3, 0.4) is 0 Å². The highest BCUT2D eigenvalue weighted by molar-refractivity contribution is 6.05. The number of benzene rings is 1. The van der Waals surface area contributed by atoms with Gasteiger partial charge in [0.05, 0.1) is 10.5 Å². The highest BCUT2D eigenvalue weighted by Crippen LogP contribution is 2.66. The molecule has 0 unspecified atom stereocenters. The number of aliphatic carboxylic acids is 1. The molecular formula is C31H39N3O8. The molecule has 11 nitrogen and oxygen atoms in total. The van der Waals surface area contributed by atoms with E-state index in [4.69, 9.17) is 4.84 Å². The summed E-state index contributed by atoms with van der Waals surface area (Å²) in [6.07, 6.45) is 10.4. The summed E-state index contributed by atoms with van der Waals surface area (Å²) in [6, 6.07) is 3.19. The number of non-ortho nitro benzene ring substituents is 1. The van der Waals surface area contributed by atoms with Gasteiger partial charge in [0, 0.05) is 17.5 Å². The fourth-order valence-electron chi connectivity index (χ4n) is 8.18. The maximum atomic E-state index is 12.5. The topological polar surface area (TPSA) is 172 Å². The summed E-state index contributed by atoms with van der Waals surface area (Å²) in [4.78, 5) is 39.8. The molecule has 3 fully saturated rings. The van der Waals surface area contributed by atoms with E-state index in [1.165, 1.54) is 23.8 Å². The lowest BCUT2D eigenvalue weighted by Gasteiger charge is -2.58. The number of nitro benzene ring substituents is 1. The fraction of sp³-hybridized carbons (Fsp3) is 0.581. The van der Waals surface area contributed by atoms with Gasteiger partial charge in [0.1, 0.15) is 11.8 Å². The number of carboxylic acid groups (broad SMARTS) is 1. The zero-order valence-corrected chi connectivity index (χ0v) is 24.2. The lowest BCUT2D eigenvalue weighted by Crippen LogP contribution is -2.53. The molecule has 0 aromatic heterocycles. The number of nitrogens with one attached hydrogen (secondary N) is 1. The van der Waals surface area contributed by atoms with Crippen LogP contribution in [0, 0.1) is 38.7 Å². The molecule has 0 radical (unpaired) electrons. The Bertz CT molecular complexity index is 1370. The highest BCUT2D eigenvalue weighted by Gasteiger charge is 2.62. The van der Waals surface area contributed by atoms with E-state index < -0.39 is 41.2 Å². The summed E-state index contributed by atoms with van der Waals surface area (Å²) in [7, 11) is 0. The van der Waals surface area contributed by atoms with Gasteiger partial charge in [0.15, 0.2) is 12.6 Å². The molecule has 4 aliphatic carbocycles. The normalized spacial score (nSPS) is 35.7. The standard InChI is InChI=1S/C31H39N3O8/c1-29-12-9-20(16-19(29)7-8-22-23(29)10-13-30(2)24(22)11-14-31(30,3)39)33-42-17-25(35)32-26(28(37)38)27(36)18-5-4-6-21(15-18)34(40)41/h4-6,9,12,15-16,22-24,26-27,36,39H,7-8,10-11,13-14,17H2,1-3H3,(H,32,35)(H,37,38)/t22-,23-,24+,26+,27-,29+,30+,31+/m1/s1. The van der Waals surface area contributed by atoms with Crippen LogP contribution in [0.25, 0.3) is 0 Å². The van der Waals surface area contributed by atoms with Crippen LogP contribution in [0.1, 0.15) is 71.0 Å². The van der Waals surface area contributed by atoms with Crippen molar-refractivity contribution in [3.05, 3.63) is 63.7 Å². The fourth-order valence-corrected chi connectivity index (χ4v) is 8.18. The molecule has 11 heteroatoms. The van der Waals surface area contributed by atoms with Crippen molar-refractivity contribution in [3.63, 3.8) is 0 Å². The molecular weight excluding hydrogens is 542 g/mol. The van der Waals surface area contributed by atoms with Crippen molar-refractivity contribution in [2.24, 2.45) is 33.7 Å². The van der Waals surface area contributed by atoms with E-state index in [-0.39, 0.29) is 22.1 Å². The third-order valence-electron chi connectivity index (χ3n) is 10.8. The third-order valence-corrected chi connectivity index (χ3v) is 10.8. The number of oxime groups is 1. The molecule has 1 aromatic carbocycles. The van der Waals surface area contributed by atoms with Crippen molar-refractivity contribution >= 4 is 23.3 Å². The molecule has 42 heavy (non-hydrogen) atoms. The Hall–Kier alpha value is -3.57. The number of aliphatic hydroxyl groups excluding tert-OH is 1. The minimum atomic E-state index is -1.75. The van der Waals surface area contributed by atoms with Crippen molar-refractivity contribution < 1.29 is 34.7 Å². The summed E-state index contributed by atoms with van der Waals surface area (Å²) in [5.41, 5.74) is 0.745. The largest absolute Gasteiger partial charge is 0.480 e. The number of amides is 1. The van der Waals surface area contributed by atoms with E-state index in [0.717, 1.165) is 44.6 Å². The average Bonchev–Trinajstić information content (AvgIpc) is 3.19. The number of carbonyl (C=O) groups is 2. The van der Waals surface area contributed by atoms with Crippen LogP contribution in [0.2, 0.25) is 0 Å². The van der Waals surface area contributed by atoms with Gasteiger partial charge in [-0.25, -0.2) is 4.79 Å². The quantitative estimate of drug-likeness (QED) is 0.263. The number of rotatable bonds is 8. The van der Waals surface area contributed by atoms with Gasteiger partial charge in [-0.2, -0.15) is 0 Å². The van der Waals surface area contributed by atoms with Gasteiger partial charge < -0.3 is 25.5 Å². The number of carbonyl (C=O) groups excluding carboxylic acids is 1. The summed E-state index contributed by atoms with van der Waals surface area (Å²) in [6.45, 7) is 5.99. The summed E-state index contributed by atoms with van der Waals surface area (Å²) in [5.74, 6) is -0.763. The van der Waals surface area contributed by atoms with Crippen molar-refractivity contribution in [1.29, 1.82) is 0 Å². The number of aliphatic hydroxyl groups is 2. The van der Waals surface area contributed by atoms with Gasteiger partial charge in [0.25, 0.3) is 11.6 Å². The SMILES string of the molecule is C[C@]12C=CC(=NOCC(=O)N[C@H](C(=O)O)[C@H](O)c3cccc([N+](=O)[O-])c3)C=C1CC[C@@H]1[C@H]2CC[C@@]2(C)[C@H]1CC[C@]2(C)O.